The van der Waals surface area contributed by atoms with Crippen molar-refractivity contribution in [3.05, 3.63) is 48.0 Å². The number of hydrogen-bond donors (Lipinski definition) is 0. The second-order valence-electron chi connectivity index (χ2n) is 3.09. The molecule has 0 aliphatic rings. The molecule has 0 atom stereocenters. The van der Waals surface area contributed by atoms with Crippen molar-refractivity contribution in [1.82, 2.24) is 0 Å². The summed E-state index contributed by atoms with van der Waals surface area (Å²) in [4.78, 5) is 20.4. The van der Waals surface area contributed by atoms with E-state index < -0.39 is 0 Å². The molecule has 0 aromatic heterocycles. The molecule has 1 aromatic rings. The number of benzene rings is 1. The van der Waals surface area contributed by atoms with Gasteiger partial charge in [-0.15, -0.1) is 0 Å². The Morgan fingerprint density at radius 3 is 2.44 bits per heavy atom. The van der Waals surface area contributed by atoms with E-state index >= 15 is 0 Å². The van der Waals surface area contributed by atoms with Crippen LogP contribution in [0.4, 0.5) is 0 Å². The van der Waals surface area contributed by atoms with Crippen molar-refractivity contribution in [2.75, 3.05) is 13.2 Å². The van der Waals surface area contributed by atoms with Gasteiger partial charge in [0.25, 0.3) is 6.47 Å². The summed E-state index contributed by atoms with van der Waals surface area (Å²) < 4.78 is 9.10. The first-order chi connectivity index (χ1) is 8.76. The molecule has 0 bridgehead atoms. The van der Waals surface area contributed by atoms with E-state index in [0.29, 0.717) is 25.2 Å². The van der Waals surface area contributed by atoms with Gasteiger partial charge in [0.1, 0.15) is 6.61 Å². The van der Waals surface area contributed by atoms with Crippen molar-refractivity contribution >= 4 is 12.4 Å². The summed E-state index contributed by atoms with van der Waals surface area (Å²) in [6.45, 7) is 4.91. The van der Waals surface area contributed by atoms with Crippen LogP contribution in [0.5, 0.6) is 0 Å². The average molecular weight is 250 g/mol. The van der Waals surface area contributed by atoms with Crippen LogP contribution in [-0.2, 0) is 14.3 Å². The fraction of sp³-hybridized carbons (Fsp3) is 0.286. The number of ether oxygens (including phenoxy) is 2. The van der Waals surface area contributed by atoms with E-state index in [2.05, 4.69) is 4.74 Å². The lowest BCUT2D eigenvalue weighted by Crippen LogP contribution is -2.03. The molecular weight excluding hydrogens is 232 g/mol. The Hall–Kier alpha value is -2.10. The number of carbonyl (C=O) groups excluding carboxylic acids is 2. The normalized spacial score (nSPS) is 9.22. The van der Waals surface area contributed by atoms with Gasteiger partial charge in [-0.3, -0.25) is 4.79 Å². The highest BCUT2D eigenvalue weighted by Gasteiger charge is 2.02. The van der Waals surface area contributed by atoms with E-state index in [0.717, 1.165) is 0 Å². The van der Waals surface area contributed by atoms with Crippen molar-refractivity contribution < 1.29 is 19.1 Å². The van der Waals surface area contributed by atoms with Crippen LogP contribution in [0.2, 0.25) is 0 Å². The molecule has 0 heterocycles. The maximum Gasteiger partial charge on any atom is 0.338 e. The fourth-order valence-electron chi connectivity index (χ4n) is 0.980. The summed E-state index contributed by atoms with van der Waals surface area (Å²) in [5.41, 5.74) is 0.606. The third kappa shape index (κ3) is 8.10. The van der Waals surface area contributed by atoms with Gasteiger partial charge in [-0.1, -0.05) is 30.4 Å². The van der Waals surface area contributed by atoms with Crippen LogP contribution >= 0.6 is 0 Å². The summed E-state index contributed by atoms with van der Waals surface area (Å²) in [5, 5.41) is 0. The van der Waals surface area contributed by atoms with Gasteiger partial charge in [-0.25, -0.2) is 4.79 Å². The SMILES string of the molecule is CC=CCOC=O.CCOC(=O)c1ccccc1. The largest absolute Gasteiger partial charge is 0.464 e. The van der Waals surface area contributed by atoms with E-state index in [1.54, 1.807) is 25.1 Å². The van der Waals surface area contributed by atoms with Crippen LogP contribution in [0.25, 0.3) is 0 Å². The minimum Gasteiger partial charge on any atom is -0.464 e. The van der Waals surface area contributed by atoms with Gasteiger partial charge in [0.05, 0.1) is 12.2 Å². The molecule has 0 N–H and O–H groups in total. The van der Waals surface area contributed by atoms with E-state index in [9.17, 15) is 9.59 Å². The number of allylic oxidation sites excluding steroid dienone is 1. The molecule has 0 saturated carbocycles. The van der Waals surface area contributed by atoms with Crippen molar-refractivity contribution in [3.63, 3.8) is 0 Å². The lowest BCUT2D eigenvalue weighted by molar-refractivity contribution is -0.127. The predicted molar refractivity (Wildman–Crippen MR) is 69.2 cm³/mol. The topological polar surface area (TPSA) is 52.6 Å². The summed E-state index contributed by atoms with van der Waals surface area (Å²) in [5.74, 6) is -0.256. The standard InChI is InChI=1S/C9H10O2.C5H8O2/c1-2-11-9(10)8-6-4-3-5-7-8;1-2-3-4-7-5-6/h3-7H,2H2,1H3;2-3,5H,4H2,1H3. The molecule has 0 amide bonds. The molecule has 4 nitrogen and oxygen atoms in total. The number of esters is 1. The molecule has 1 rings (SSSR count). The zero-order chi connectivity index (χ0) is 13.6. The van der Waals surface area contributed by atoms with Crippen LogP contribution in [-0.4, -0.2) is 25.7 Å². The second-order valence-corrected chi connectivity index (χ2v) is 3.09. The van der Waals surface area contributed by atoms with Gasteiger partial charge < -0.3 is 9.47 Å². The second kappa shape index (κ2) is 11.4. The number of rotatable bonds is 5. The molecule has 0 unspecified atom stereocenters. The zero-order valence-electron chi connectivity index (χ0n) is 10.7. The van der Waals surface area contributed by atoms with Crippen LogP contribution < -0.4 is 0 Å². The van der Waals surface area contributed by atoms with E-state index in [1.165, 1.54) is 0 Å². The molecule has 0 spiro atoms. The molecular formula is C14H18O4. The third-order valence-electron chi connectivity index (χ3n) is 1.78. The molecule has 0 saturated heterocycles. The van der Waals surface area contributed by atoms with Gasteiger partial charge in [-0.2, -0.15) is 0 Å². The Morgan fingerprint density at radius 1 is 1.28 bits per heavy atom. The lowest BCUT2D eigenvalue weighted by Gasteiger charge is -1.99. The number of carbonyl (C=O) groups is 2. The highest BCUT2D eigenvalue weighted by Crippen LogP contribution is 1.99. The van der Waals surface area contributed by atoms with Gasteiger partial charge >= 0.3 is 5.97 Å². The monoisotopic (exact) mass is 250 g/mol. The maximum absolute atomic E-state index is 11.0. The van der Waals surface area contributed by atoms with Crippen molar-refractivity contribution in [2.45, 2.75) is 13.8 Å². The summed E-state index contributed by atoms with van der Waals surface area (Å²) in [6.07, 6.45) is 3.58. The molecule has 0 aliphatic heterocycles. The smallest absolute Gasteiger partial charge is 0.338 e. The first-order valence-corrected chi connectivity index (χ1v) is 5.64. The molecule has 0 aliphatic carbocycles. The molecule has 4 heteroatoms. The van der Waals surface area contributed by atoms with Crippen molar-refractivity contribution in [2.24, 2.45) is 0 Å². The summed E-state index contributed by atoms with van der Waals surface area (Å²) in [7, 11) is 0. The molecule has 1 aromatic carbocycles. The van der Waals surface area contributed by atoms with Crippen LogP contribution in [0.15, 0.2) is 42.5 Å². The summed E-state index contributed by atoms with van der Waals surface area (Å²) in [6, 6.07) is 8.96. The highest BCUT2D eigenvalue weighted by atomic mass is 16.5. The van der Waals surface area contributed by atoms with Gasteiger partial charge in [0, 0.05) is 0 Å². The lowest BCUT2D eigenvalue weighted by atomic mass is 10.2. The van der Waals surface area contributed by atoms with E-state index in [-0.39, 0.29) is 5.97 Å². The Bertz CT molecular complexity index is 357. The Balaban J connectivity index is 0.000000360. The quantitative estimate of drug-likeness (QED) is 0.349. The van der Waals surface area contributed by atoms with Gasteiger partial charge in [0.15, 0.2) is 0 Å². The number of hydrogen-bond acceptors (Lipinski definition) is 4. The zero-order valence-corrected chi connectivity index (χ0v) is 10.7. The van der Waals surface area contributed by atoms with Crippen molar-refractivity contribution in [3.8, 4) is 0 Å². The minimum atomic E-state index is -0.256. The molecule has 98 valence electrons. The molecule has 18 heavy (non-hydrogen) atoms. The third-order valence-corrected chi connectivity index (χ3v) is 1.78. The minimum absolute atomic E-state index is 0.256. The fourth-order valence-corrected chi connectivity index (χ4v) is 0.980. The van der Waals surface area contributed by atoms with Crippen LogP contribution in [0, 0.1) is 0 Å². The van der Waals surface area contributed by atoms with Crippen molar-refractivity contribution in [1.29, 1.82) is 0 Å². The first-order valence-electron chi connectivity index (χ1n) is 5.64. The van der Waals surface area contributed by atoms with Gasteiger partial charge in [-0.05, 0) is 26.0 Å². The highest BCUT2D eigenvalue weighted by molar-refractivity contribution is 5.89. The van der Waals surface area contributed by atoms with E-state index in [1.807, 2.05) is 31.2 Å². The maximum atomic E-state index is 11.0. The first kappa shape index (κ1) is 15.9. The van der Waals surface area contributed by atoms with E-state index in [4.69, 9.17) is 4.74 Å². The average Bonchev–Trinajstić information content (AvgIpc) is 2.41. The van der Waals surface area contributed by atoms with Gasteiger partial charge in [0.2, 0.25) is 0 Å². The van der Waals surface area contributed by atoms with Crippen LogP contribution in [0.3, 0.4) is 0 Å². The molecule has 0 radical (unpaired) electrons. The van der Waals surface area contributed by atoms with Crippen LogP contribution in [0.1, 0.15) is 24.2 Å². The summed E-state index contributed by atoms with van der Waals surface area (Å²) >= 11 is 0. The molecule has 0 fully saturated rings. The Labute approximate surface area is 107 Å². The Morgan fingerprint density at radius 2 is 1.94 bits per heavy atom. The predicted octanol–water partition coefficient (Wildman–Crippen LogP) is 2.60. The Kier molecular flexibility index (Phi) is 10.1.